The van der Waals surface area contributed by atoms with Gasteiger partial charge in [0, 0.05) is 73.0 Å². The Morgan fingerprint density at radius 2 is 1.26 bits per heavy atom. The molecule has 2 rings (SSSR count). The number of carbonyl (C=O) groups is 6. The lowest BCUT2D eigenvalue weighted by molar-refractivity contribution is -0.139. The fourth-order valence-electron chi connectivity index (χ4n) is 5.66. The van der Waals surface area contributed by atoms with Gasteiger partial charge in [0.25, 0.3) is 0 Å². The Morgan fingerprint density at radius 1 is 0.698 bits per heavy atom. The van der Waals surface area contributed by atoms with Gasteiger partial charge in [0.05, 0.1) is 18.4 Å². The maximum atomic E-state index is 13.2. The van der Waals surface area contributed by atoms with Gasteiger partial charge in [-0.2, -0.15) is 0 Å². The molecule has 2 aliphatic rings. The fourth-order valence-corrected chi connectivity index (χ4v) is 11.7. The Balaban J connectivity index is 1.79. The van der Waals surface area contributed by atoms with Crippen molar-refractivity contribution in [3.8, 4) is 0 Å². The molecule has 6 N–H and O–H groups in total. The highest BCUT2D eigenvalue weighted by Crippen LogP contribution is 2.40. The number of amides is 5. The van der Waals surface area contributed by atoms with Crippen LogP contribution in [0.4, 0.5) is 0 Å². The van der Waals surface area contributed by atoms with Gasteiger partial charge >= 0.3 is 5.97 Å². The Morgan fingerprint density at radius 3 is 1.85 bits per heavy atom. The Kier molecular flexibility index (Phi) is 23.3. The summed E-state index contributed by atoms with van der Waals surface area (Å²) in [6.07, 6.45) is 9.26. The minimum absolute atomic E-state index is 0.0547. The van der Waals surface area contributed by atoms with E-state index in [0.717, 1.165) is 32.1 Å². The Hall–Kier alpha value is -1.82. The van der Waals surface area contributed by atoms with E-state index in [1.165, 1.54) is 24.3 Å². The van der Waals surface area contributed by atoms with Crippen molar-refractivity contribution in [2.45, 2.75) is 152 Å². The third-order valence-electron chi connectivity index (χ3n) is 8.91. The van der Waals surface area contributed by atoms with Crippen LogP contribution in [0.15, 0.2) is 0 Å². The summed E-state index contributed by atoms with van der Waals surface area (Å²) in [5, 5.41) is 24.1. The van der Waals surface area contributed by atoms with Gasteiger partial charge in [-0.15, -0.1) is 0 Å². The van der Waals surface area contributed by atoms with Crippen molar-refractivity contribution >= 4 is 78.7 Å². The van der Waals surface area contributed by atoms with E-state index < -0.39 is 35.0 Å². The molecule has 0 spiro atoms. The summed E-state index contributed by atoms with van der Waals surface area (Å²) in [5.41, 5.74) is -1.26. The van der Waals surface area contributed by atoms with Crippen LogP contribution >= 0.6 is 43.2 Å². The highest BCUT2D eigenvalue weighted by Gasteiger charge is 2.28. The smallest absolute Gasteiger partial charge is 0.303 e. The summed E-state index contributed by atoms with van der Waals surface area (Å²) in [6.45, 7) is 8.58. The number of hydrogen-bond acceptors (Lipinski definition) is 11. The lowest BCUT2D eigenvalue weighted by Gasteiger charge is -2.31. The molecule has 0 aliphatic carbocycles. The monoisotopic (exact) mass is 821 g/mol. The minimum atomic E-state index is -1.07. The summed E-state index contributed by atoms with van der Waals surface area (Å²) in [6, 6.07) is -1.07. The molecule has 0 radical (unpaired) electrons. The lowest BCUT2D eigenvalue weighted by Crippen LogP contribution is -2.52. The Labute approximate surface area is 331 Å². The summed E-state index contributed by atoms with van der Waals surface area (Å²) in [7, 11) is 7.67. The molecule has 2 aliphatic heterocycles. The van der Waals surface area contributed by atoms with E-state index in [4.69, 9.17) is 9.84 Å². The van der Waals surface area contributed by atoms with Crippen LogP contribution in [0, 0.1) is 0 Å². The number of nitrogens with one attached hydrogen (secondary N) is 5. The number of unbranched alkanes of at least 4 members (excludes halogenated alkanes) is 2. The van der Waals surface area contributed by atoms with Crippen molar-refractivity contribution in [3.63, 3.8) is 0 Å². The summed E-state index contributed by atoms with van der Waals surface area (Å²) >= 11 is 0. The molecule has 53 heavy (non-hydrogen) atoms. The molecule has 2 heterocycles. The number of hydrogen-bond donors (Lipinski definition) is 6. The Bertz CT molecular complexity index is 1170. The van der Waals surface area contributed by atoms with Crippen molar-refractivity contribution in [1.29, 1.82) is 0 Å². The molecule has 2 fully saturated rings. The first kappa shape index (κ1) is 47.3. The maximum absolute atomic E-state index is 13.2. The lowest BCUT2D eigenvalue weighted by atomic mass is 9.99. The zero-order valence-electron chi connectivity index (χ0n) is 32.0. The van der Waals surface area contributed by atoms with Crippen LogP contribution in [-0.4, -0.2) is 106 Å². The van der Waals surface area contributed by atoms with Gasteiger partial charge in [0.2, 0.25) is 29.5 Å². The van der Waals surface area contributed by atoms with Crippen LogP contribution in [0.1, 0.15) is 124 Å². The molecule has 2 unspecified atom stereocenters. The van der Waals surface area contributed by atoms with E-state index in [0.29, 0.717) is 49.3 Å². The largest absolute Gasteiger partial charge is 0.481 e. The van der Waals surface area contributed by atoms with E-state index >= 15 is 0 Å². The molecule has 0 aromatic rings. The van der Waals surface area contributed by atoms with Crippen molar-refractivity contribution in [3.05, 3.63) is 0 Å². The molecule has 304 valence electrons. The highest BCUT2D eigenvalue weighted by molar-refractivity contribution is 8.77. The normalized spacial score (nSPS) is 17.9. The number of carbonyl (C=O) groups excluding carboxylic acids is 5. The van der Waals surface area contributed by atoms with E-state index in [-0.39, 0.29) is 56.5 Å². The molecule has 5 amide bonds. The molecule has 0 saturated carbocycles. The van der Waals surface area contributed by atoms with Crippen molar-refractivity contribution in [1.82, 2.24) is 26.6 Å². The molecule has 2 saturated heterocycles. The maximum Gasteiger partial charge on any atom is 0.303 e. The van der Waals surface area contributed by atoms with E-state index in [9.17, 15) is 28.8 Å². The van der Waals surface area contributed by atoms with Gasteiger partial charge in [-0.3, -0.25) is 28.8 Å². The highest BCUT2D eigenvalue weighted by atomic mass is 33.1. The van der Waals surface area contributed by atoms with Gasteiger partial charge < -0.3 is 36.4 Å². The average Bonchev–Trinajstić information content (AvgIpc) is 3.80. The van der Waals surface area contributed by atoms with Crippen LogP contribution < -0.4 is 26.6 Å². The van der Waals surface area contributed by atoms with Crippen molar-refractivity contribution in [2.24, 2.45) is 0 Å². The van der Waals surface area contributed by atoms with E-state index in [1.807, 2.05) is 70.9 Å². The predicted octanol–water partition coefficient (Wildman–Crippen LogP) is 4.97. The molecule has 3 atom stereocenters. The second kappa shape index (κ2) is 26.1. The molecule has 0 bridgehead atoms. The number of ether oxygens (including phenoxy) is 1. The summed E-state index contributed by atoms with van der Waals surface area (Å²) < 4.78 is 6.05. The van der Waals surface area contributed by atoms with Crippen LogP contribution in [0.25, 0.3) is 0 Å². The zero-order chi connectivity index (χ0) is 39.1. The number of carboxylic acid groups (broad SMARTS) is 1. The molecule has 17 heteroatoms. The summed E-state index contributed by atoms with van der Waals surface area (Å²) in [5.74, 6) is -0.179. The topological polar surface area (TPSA) is 192 Å². The fraction of sp³-hybridized carbons (Fsp3) is 0.833. The molecule has 0 aromatic heterocycles. The number of aliphatic carboxylic acids is 1. The second-order valence-electron chi connectivity index (χ2n) is 14.9. The quantitative estimate of drug-likeness (QED) is 0.0460. The van der Waals surface area contributed by atoms with Gasteiger partial charge in [-0.05, 0) is 79.1 Å². The van der Waals surface area contributed by atoms with Gasteiger partial charge in [-0.1, -0.05) is 56.0 Å². The van der Waals surface area contributed by atoms with E-state index in [1.54, 1.807) is 0 Å². The summed E-state index contributed by atoms with van der Waals surface area (Å²) in [4.78, 5) is 74.1. The van der Waals surface area contributed by atoms with Gasteiger partial charge in [0.1, 0.15) is 6.04 Å². The van der Waals surface area contributed by atoms with Crippen molar-refractivity contribution in [2.75, 3.05) is 37.7 Å². The third kappa shape index (κ3) is 23.7. The second-order valence-corrected chi connectivity index (χ2v) is 20.5. The SMILES string of the molecule is CC(C)(CCOC(C)(C)CCNC(=O)CCC(=O)O)NC(=O)C[C@H](NC(=O)CCCCC1CCSS1)C(=O)NCCNC(=O)CCCCC1CCSS1. The third-order valence-corrected chi connectivity index (χ3v) is 14.9. The van der Waals surface area contributed by atoms with Crippen LogP contribution in [0.5, 0.6) is 0 Å². The molecule has 13 nitrogen and oxygen atoms in total. The predicted molar refractivity (Wildman–Crippen MR) is 218 cm³/mol. The first-order valence-electron chi connectivity index (χ1n) is 19.0. The van der Waals surface area contributed by atoms with Crippen LogP contribution in [0.3, 0.4) is 0 Å². The minimum Gasteiger partial charge on any atom is -0.481 e. The first-order chi connectivity index (χ1) is 25.1. The van der Waals surface area contributed by atoms with Crippen LogP contribution in [-0.2, 0) is 33.5 Å². The molecular formula is C36H63N5O8S4. The van der Waals surface area contributed by atoms with Gasteiger partial charge in [-0.25, -0.2) is 0 Å². The number of rotatable bonds is 28. The number of carboxylic acids is 1. The van der Waals surface area contributed by atoms with Crippen molar-refractivity contribution < 1.29 is 38.6 Å². The molecule has 0 aromatic carbocycles. The van der Waals surface area contributed by atoms with E-state index in [2.05, 4.69) is 26.6 Å². The van der Waals surface area contributed by atoms with Gasteiger partial charge in [0.15, 0.2) is 0 Å². The average molecular weight is 822 g/mol. The standard InChI is InChI=1S/C36H63N5O8S4/c1-35(2,18-22-49-36(3,4)17-19-37-30(43)13-14-33(46)47)41-32(45)25-28(40-31(44)12-8-6-10-27-16-24-51-53-27)34(48)39-21-20-38-29(42)11-7-5-9-26-15-23-50-52-26/h26-28H,5-25H2,1-4H3,(H,37,43)(H,38,42)(H,39,48)(H,40,44)(H,41,45)(H,46,47)/t26?,27?,28-/m0/s1. The first-order valence-corrected chi connectivity index (χ1v) is 23.7. The zero-order valence-corrected chi connectivity index (χ0v) is 35.3. The van der Waals surface area contributed by atoms with Crippen LogP contribution in [0.2, 0.25) is 0 Å². The molecular weight excluding hydrogens is 759 g/mol.